The molecule has 5 atom stereocenters. The highest BCUT2D eigenvalue weighted by Gasteiger charge is 2.69. The Kier molecular flexibility index (Phi) is 8.03. The highest BCUT2D eigenvalue weighted by atomic mass is 33.1. The van der Waals surface area contributed by atoms with Crippen molar-refractivity contribution in [3.8, 4) is 0 Å². The second kappa shape index (κ2) is 10.2. The Morgan fingerprint density at radius 3 is 2.64 bits per heavy atom. The number of hydrogen-bond acceptors (Lipinski definition) is 9. The molecule has 0 aliphatic carbocycles. The molecule has 2 bridgehead atoms. The number of rotatable bonds is 0. The molecule has 1 aromatic rings. The van der Waals surface area contributed by atoms with E-state index in [-0.39, 0.29) is 19.3 Å². The van der Waals surface area contributed by atoms with Gasteiger partial charge in [-0.15, -0.1) is 11.3 Å². The Hall–Kier alpha value is -1.76. The van der Waals surface area contributed by atoms with Crippen LogP contribution in [0.1, 0.15) is 56.8 Å². The summed E-state index contributed by atoms with van der Waals surface area (Å²) in [5.41, 5.74) is -0.732. The van der Waals surface area contributed by atoms with Gasteiger partial charge in [-0.1, -0.05) is 17.7 Å². The number of allylic oxidation sites excluding steroid dienone is 3. The zero-order valence-corrected chi connectivity index (χ0v) is 20.9. The topological polar surface area (TPSA) is 140 Å². The molecular weight excluding hydrogens is 484 g/mol. The highest BCUT2D eigenvalue weighted by Crippen LogP contribution is 2.52. The Bertz CT molecular complexity index is 1030. The van der Waals surface area contributed by atoms with Gasteiger partial charge in [0.2, 0.25) is 5.91 Å². The molecule has 2 aliphatic rings. The van der Waals surface area contributed by atoms with Crippen LogP contribution in [0.25, 0.3) is 6.08 Å². The maximum absolute atomic E-state index is 13.0. The van der Waals surface area contributed by atoms with Crippen molar-refractivity contribution in [1.82, 2.24) is 10.3 Å². The third-order valence-corrected chi connectivity index (χ3v) is 10.8. The van der Waals surface area contributed by atoms with E-state index >= 15 is 0 Å². The number of carbonyl (C=O) groups is 3. The number of thiazole rings is 1. The minimum absolute atomic E-state index is 0.0520. The van der Waals surface area contributed by atoms with Crippen LogP contribution >= 0.6 is 22.1 Å². The number of aromatic nitrogens is 1. The molecule has 8 nitrogen and oxygen atoms in total. The average molecular weight is 511 g/mol. The van der Waals surface area contributed by atoms with E-state index in [2.05, 4.69) is 10.3 Å². The van der Waals surface area contributed by atoms with Gasteiger partial charge in [-0.2, -0.15) is 0 Å². The Balaban J connectivity index is 1.99. The lowest BCUT2D eigenvalue weighted by Gasteiger charge is -2.35. The molecule has 3 N–H and O–H groups in total. The fourth-order valence-corrected chi connectivity index (χ4v) is 8.39. The van der Waals surface area contributed by atoms with Gasteiger partial charge in [-0.25, -0.2) is 4.98 Å². The summed E-state index contributed by atoms with van der Waals surface area (Å²) in [6, 6.07) is -0.433. The fraction of sp³-hybridized carbons (Fsp3) is 0.455. The van der Waals surface area contributed by atoms with Gasteiger partial charge in [0.05, 0.1) is 18.2 Å². The third kappa shape index (κ3) is 5.50. The molecule has 1 spiro atoms. The summed E-state index contributed by atoms with van der Waals surface area (Å²) in [7, 11) is -1.33. The summed E-state index contributed by atoms with van der Waals surface area (Å²) in [5.74, 6) is -0.969. The van der Waals surface area contributed by atoms with Gasteiger partial charge < -0.3 is 20.1 Å². The molecule has 178 valence electrons. The summed E-state index contributed by atoms with van der Waals surface area (Å²) in [5, 5.41) is 25.8. The van der Waals surface area contributed by atoms with Crippen molar-refractivity contribution in [3.05, 3.63) is 46.0 Å². The van der Waals surface area contributed by atoms with E-state index in [1.807, 2.05) is 0 Å². The Morgan fingerprint density at radius 2 is 1.97 bits per heavy atom. The lowest BCUT2D eigenvalue weighted by Crippen LogP contribution is -2.56. The van der Waals surface area contributed by atoms with Crippen molar-refractivity contribution in [2.75, 3.05) is 0 Å². The number of nitrogens with zero attached hydrogens (tertiary/aromatic N) is 1. The van der Waals surface area contributed by atoms with Crippen molar-refractivity contribution < 1.29 is 29.1 Å². The molecule has 0 radical (unpaired) electrons. The van der Waals surface area contributed by atoms with Gasteiger partial charge in [-0.05, 0) is 45.4 Å². The van der Waals surface area contributed by atoms with Crippen LogP contribution in [0.4, 0.5) is 0 Å². The van der Waals surface area contributed by atoms with Crippen molar-refractivity contribution in [1.29, 1.82) is 0 Å². The SMILES string of the molecule is C/C1=C\[C@@H](O)C(=O)/C=C\C=C\c2csc(n2)[C@@H](C)NC(=O)C[C@]2(CC1)[S+]([O-])SC(=O)[C@]2(C)O. The zero-order chi connectivity index (χ0) is 24.4. The largest absolute Gasteiger partial charge is 0.604 e. The number of hydrogen-bond donors (Lipinski definition) is 3. The summed E-state index contributed by atoms with van der Waals surface area (Å²) in [4.78, 5) is 42.0. The summed E-state index contributed by atoms with van der Waals surface area (Å²) >= 11 is 1.35. The van der Waals surface area contributed by atoms with Crippen LogP contribution in [0.5, 0.6) is 0 Å². The van der Waals surface area contributed by atoms with Crippen LogP contribution in [0.15, 0.2) is 35.3 Å². The van der Waals surface area contributed by atoms with Gasteiger partial charge in [-0.3, -0.25) is 14.4 Å². The van der Waals surface area contributed by atoms with E-state index in [1.165, 1.54) is 36.5 Å². The second-order valence-electron chi connectivity index (χ2n) is 8.33. The minimum Gasteiger partial charge on any atom is -0.604 e. The first-order valence-corrected chi connectivity index (χ1v) is 13.7. The van der Waals surface area contributed by atoms with Crippen LogP contribution in [-0.4, -0.2) is 53.0 Å². The standard InChI is InChI=1S/C22H26N2O6S3/c1-13-8-9-22(21(3,29)20(28)32-33(22)30)11-18(27)23-14(2)19-24-15(12-31-19)6-4-5-7-16(25)17(26)10-13/h4-7,10,12,14,17,26,29H,8-9,11H2,1-3H3,(H,23,27)/b6-4+,7-5-,13-10+/t14-,17-,21+,22+,33?/m1/s1. The van der Waals surface area contributed by atoms with Crippen molar-refractivity contribution in [2.45, 2.75) is 62.5 Å². The molecule has 11 heteroatoms. The predicted molar refractivity (Wildman–Crippen MR) is 130 cm³/mol. The smallest absolute Gasteiger partial charge is 0.276 e. The first-order chi connectivity index (χ1) is 15.5. The van der Waals surface area contributed by atoms with E-state index in [0.717, 1.165) is 0 Å². The van der Waals surface area contributed by atoms with E-state index in [4.69, 9.17) is 0 Å². The van der Waals surface area contributed by atoms with E-state index in [1.54, 1.807) is 31.4 Å². The molecule has 2 aliphatic heterocycles. The zero-order valence-electron chi connectivity index (χ0n) is 18.4. The van der Waals surface area contributed by atoms with Gasteiger partial charge >= 0.3 is 0 Å². The molecule has 1 aromatic heterocycles. The molecule has 1 saturated heterocycles. The van der Waals surface area contributed by atoms with Gasteiger partial charge in [0.25, 0.3) is 5.12 Å². The van der Waals surface area contributed by atoms with Gasteiger partial charge in [0, 0.05) is 22.0 Å². The first kappa shape index (κ1) is 25.9. The molecule has 3 heterocycles. The van der Waals surface area contributed by atoms with Crippen LogP contribution in [0.2, 0.25) is 0 Å². The second-order valence-corrected chi connectivity index (χ2v) is 12.4. The third-order valence-electron chi connectivity index (χ3n) is 5.78. The molecule has 33 heavy (non-hydrogen) atoms. The number of aliphatic hydroxyl groups excluding tert-OH is 1. The summed E-state index contributed by atoms with van der Waals surface area (Å²) in [6.45, 7) is 4.75. The molecule has 1 amide bonds. The van der Waals surface area contributed by atoms with E-state index < -0.39 is 49.5 Å². The van der Waals surface area contributed by atoms with Crippen LogP contribution in [-0.2, 0) is 24.6 Å². The normalized spacial score (nSPS) is 37.7. The number of aliphatic hydroxyl groups is 2. The molecule has 1 fully saturated rings. The Morgan fingerprint density at radius 1 is 1.27 bits per heavy atom. The molecule has 3 rings (SSSR count). The molecule has 1 unspecified atom stereocenters. The van der Waals surface area contributed by atoms with Crippen molar-refractivity contribution >= 4 is 55.2 Å². The lowest BCUT2D eigenvalue weighted by atomic mass is 9.81. The number of nitrogens with one attached hydrogen (secondary N) is 1. The van der Waals surface area contributed by atoms with Crippen LogP contribution in [0, 0.1) is 0 Å². The fourth-order valence-electron chi connectivity index (χ4n) is 3.65. The van der Waals surface area contributed by atoms with Gasteiger partial charge in [0.1, 0.15) is 11.1 Å². The number of amides is 1. The molecule has 0 aromatic carbocycles. The predicted octanol–water partition coefficient (Wildman–Crippen LogP) is 2.38. The van der Waals surface area contributed by atoms with Crippen LogP contribution < -0.4 is 5.32 Å². The monoisotopic (exact) mass is 510 g/mol. The summed E-state index contributed by atoms with van der Waals surface area (Å²) < 4.78 is 11.5. The Labute approximate surface area is 202 Å². The number of fused-ring (bicyclic) bond motifs is 2. The number of carbonyl (C=O) groups excluding carboxylic acids is 3. The van der Waals surface area contributed by atoms with E-state index in [9.17, 15) is 29.1 Å². The van der Waals surface area contributed by atoms with Crippen molar-refractivity contribution in [3.63, 3.8) is 0 Å². The summed E-state index contributed by atoms with van der Waals surface area (Å²) in [6.07, 6.45) is 6.07. The lowest BCUT2D eigenvalue weighted by molar-refractivity contribution is -0.132. The maximum atomic E-state index is 13.0. The van der Waals surface area contributed by atoms with Crippen molar-refractivity contribution in [2.24, 2.45) is 0 Å². The average Bonchev–Trinajstić information content (AvgIpc) is 3.27. The molecular formula is C22H26N2O6S3. The van der Waals surface area contributed by atoms with E-state index in [0.29, 0.717) is 27.1 Å². The maximum Gasteiger partial charge on any atom is 0.276 e. The number of ketones is 1. The van der Waals surface area contributed by atoms with Crippen LogP contribution in [0.3, 0.4) is 0 Å². The quantitative estimate of drug-likeness (QED) is 0.275. The van der Waals surface area contributed by atoms with Gasteiger partial charge in [0.15, 0.2) is 26.9 Å². The molecule has 0 saturated carbocycles. The highest BCUT2D eigenvalue weighted by molar-refractivity contribution is 8.79. The first-order valence-electron chi connectivity index (χ1n) is 10.3. The minimum atomic E-state index is -1.99.